The lowest BCUT2D eigenvalue weighted by molar-refractivity contribution is -0.0440. The number of ether oxygens (including phenoxy) is 1. The first-order chi connectivity index (χ1) is 13.8. The summed E-state index contributed by atoms with van der Waals surface area (Å²) in [5.41, 5.74) is 1.93. The van der Waals surface area contributed by atoms with Gasteiger partial charge in [-0.3, -0.25) is 4.79 Å². The lowest BCUT2D eigenvalue weighted by Crippen LogP contribution is -2.48. The summed E-state index contributed by atoms with van der Waals surface area (Å²) in [5, 5.41) is 5.81. The number of nitrogens with one attached hydrogen (secondary N) is 2. The van der Waals surface area contributed by atoms with Gasteiger partial charge in [-0.2, -0.15) is 4.31 Å². The topological polar surface area (TPSA) is 87.7 Å². The highest BCUT2D eigenvalue weighted by Gasteiger charge is 2.32. The maximum Gasteiger partial charge on any atom is 0.253 e. The first-order valence-corrected chi connectivity index (χ1v) is 11.0. The maximum atomic E-state index is 13.2. The van der Waals surface area contributed by atoms with E-state index in [0.29, 0.717) is 17.8 Å². The summed E-state index contributed by atoms with van der Waals surface area (Å²) in [5.74, 6) is -0.346. The van der Waals surface area contributed by atoms with Crippen LogP contribution in [-0.2, 0) is 21.3 Å². The van der Waals surface area contributed by atoms with Gasteiger partial charge in [0.2, 0.25) is 10.0 Å². The molecule has 1 heterocycles. The molecule has 1 fully saturated rings. The average Bonchev–Trinajstić information content (AvgIpc) is 2.71. The minimum absolute atomic E-state index is 0.0997. The highest BCUT2D eigenvalue weighted by atomic mass is 32.2. The van der Waals surface area contributed by atoms with Gasteiger partial charge in [0.25, 0.3) is 5.91 Å². The van der Waals surface area contributed by atoms with Crippen LogP contribution in [-0.4, -0.2) is 51.0 Å². The van der Waals surface area contributed by atoms with Gasteiger partial charge >= 0.3 is 0 Å². The Morgan fingerprint density at radius 3 is 2.38 bits per heavy atom. The molecule has 1 saturated heterocycles. The Hall–Kier alpha value is -2.42. The molecule has 8 heteroatoms. The number of hydrogen-bond acceptors (Lipinski definition) is 5. The summed E-state index contributed by atoms with van der Waals surface area (Å²) in [6.45, 7) is 4.80. The van der Waals surface area contributed by atoms with Crippen LogP contribution in [0.3, 0.4) is 0 Å². The predicted molar refractivity (Wildman–Crippen MR) is 112 cm³/mol. The lowest BCUT2D eigenvalue weighted by atomic mass is 10.1. The average molecular weight is 418 g/mol. The fraction of sp³-hybridized carbons (Fsp3) is 0.381. The van der Waals surface area contributed by atoms with E-state index < -0.39 is 10.0 Å². The fourth-order valence-corrected chi connectivity index (χ4v) is 5.05. The number of anilines is 1. The van der Waals surface area contributed by atoms with Crippen LogP contribution in [0.4, 0.5) is 5.69 Å². The number of benzene rings is 2. The summed E-state index contributed by atoms with van der Waals surface area (Å²) in [6, 6.07) is 14.4. The van der Waals surface area contributed by atoms with Gasteiger partial charge in [-0.15, -0.1) is 0 Å². The molecule has 3 rings (SSSR count). The van der Waals surface area contributed by atoms with Crippen LogP contribution in [0.1, 0.15) is 29.8 Å². The summed E-state index contributed by atoms with van der Waals surface area (Å²) in [4.78, 5) is 12.5. The van der Waals surface area contributed by atoms with Crippen molar-refractivity contribution in [1.82, 2.24) is 9.62 Å². The van der Waals surface area contributed by atoms with Gasteiger partial charge in [-0.1, -0.05) is 30.3 Å². The van der Waals surface area contributed by atoms with Crippen molar-refractivity contribution < 1.29 is 17.9 Å². The molecule has 2 atom stereocenters. The molecule has 1 amide bonds. The third-order valence-electron chi connectivity index (χ3n) is 4.81. The molecule has 156 valence electrons. The Bertz CT molecular complexity index is 953. The molecule has 7 nitrogen and oxygen atoms in total. The highest BCUT2D eigenvalue weighted by molar-refractivity contribution is 7.89. The second kappa shape index (κ2) is 8.94. The number of morpholine rings is 1. The van der Waals surface area contributed by atoms with E-state index in [9.17, 15) is 13.2 Å². The van der Waals surface area contributed by atoms with E-state index in [1.54, 1.807) is 12.1 Å². The first kappa shape index (κ1) is 21.3. The monoisotopic (exact) mass is 417 g/mol. The van der Waals surface area contributed by atoms with Crippen molar-refractivity contribution in [2.45, 2.75) is 37.5 Å². The van der Waals surface area contributed by atoms with E-state index in [1.807, 2.05) is 44.2 Å². The molecule has 1 aliphatic heterocycles. The number of carbonyl (C=O) groups is 1. The smallest absolute Gasteiger partial charge is 0.253 e. The largest absolute Gasteiger partial charge is 0.380 e. The van der Waals surface area contributed by atoms with Gasteiger partial charge < -0.3 is 15.4 Å². The number of amides is 1. The second-order valence-corrected chi connectivity index (χ2v) is 9.14. The van der Waals surface area contributed by atoms with Crippen molar-refractivity contribution in [2.24, 2.45) is 0 Å². The number of sulfonamides is 1. The summed E-state index contributed by atoms with van der Waals surface area (Å²) >= 11 is 0. The number of carbonyl (C=O) groups excluding carboxylic acids is 1. The van der Waals surface area contributed by atoms with Crippen molar-refractivity contribution in [3.63, 3.8) is 0 Å². The quantitative estimate of drug-likeness (QED) is 0.754. The SMILES string of the molecule is CNC(=O)c1cc(S(=O)(=O)N2C[C@H](C)O[C@@H](C)C2)ccc1NCc1ccccc1. The zero-order valence-electron chi connectivity index (χ0n) is 16.9. The Balaban J connectivity index is 1.89. The van der Waals surface area contributed by atoms with Crippen LogP contribution in [0.15, 0.2) is 53.4 Å². The maximum absolute atomic E-state index is 13.2. The van der Waals surface area contributed by atoms with Crippen molar-refractivity contribution in [1.29, 1.82) is 0 Å². The van der Waals surface area contributed by atoms with E-state index >= 15 is 0 Å². The van der Waals surface area contributed by atoms with Crippen molar-refractivity contribution in [3.8, 4) is 0 Å². The molecule has 0 spiro atoms. The molecule has 0 unspecified atom stereocenters. The number of hydrogen-bond donors (Lipinski definition) is 2. The van der Waals surface area contributed by atoms with Gasteiger partial charge in [-0.25, -0.2) is 8.42 Å². The fourth-order valence-electron chi connectivity index (χ4n) is 3.43. The Labute approximate surface area is 172 Å². The van der Waals surface area contributed by atoms with E-state index in [2.05, 4.69) is 10.6 Å². The standard InChI is InChI=1S/C21H27N3O4S/c1-15-13-24(14-16(2)28-15)29(26,27)18-9-10-20(19(11-18)21(25)22-3)23-12-17-7-5-4-6-8-17/h4-11,15-16,23H,12-14H2,1-3H3,(H,22,25)/t15-,16-/m0/s1. The molecule has 0 bridgehead atoms. The van der Waals surface area contributed by atoms with Gasteiger partial charge in [-0.05, 0) is 37.6 Å². The van der Waals surface area contributed by atoms with E-state index in [1.165, 1.54) is 17.4 Å². The van der Waals surface area contributed by atoms with Crippen molar-refractivity contribution in [2.75, 3.05) is 25.5 Å². The predicted octanol–water partition coefficient (Wildman–Crippen LogP) is 2.46. The number of nitrogens with zero attached hydrogens (tertiary/aromatic N) is 1. The third-order valence-corrected chi connectivity index (χ3v) is 6.64. The van der Waals surface area contributed by atoms with Crippen LogP contribution in [0, 0.1) is 0 Å². The molecule has 0 radical (unpaired) electrons. The van der Waals surface area contributed by atoms with Gasteiger partial charge in [0, 0.05) is 32.4 Å². The van der Waals surface area contributed by atoms with Crippen LogP contribution in [0.2, 0.25) is 0 Å². The van der Waals surface area contributed by atoms with E-state index in [0.717, 1.165) is 5.56 Å². The van der Waals surface area contributed by atoms with E-state index in [-0.39, 0.29) is 36.1 Å². The highest BCUT2D eigenvalue weighted by Crippen LogP contribution is 2.26. The zero-order chi connectivity index (χ0) is 21.0. The first-order valence-electron chi connectivity index (χ1n) is 9.61. The molecule has 29 heavy (non-hydrogen) atoms. The number of rotatable bonds is 6. The summed E-state index contributed by atoms with van der Waals surface area (Å²) in [6.07, 6.45) is -0.363. The van der Waals surface area contributed by atoms with Crippen LogP contribution in [0.5, 0.6) is 0 Å². The zero-order valence-corrected chi connectivity index (χ0v) is 17.7. The van der Waals surface area contributed by atoms with Crippen molar-refractivity contribution >= 4 is 21.6 Å². The summed E-state index contributed by atoms with van der Waals surface area (Å²) < 4.78 is 33.4. The molecule has 2 aromatic rings. The Morgan fingerprint density at radius 2 is 1.76 bits per heavy atom. The minimum Gasteiger partial charge on any atom is -0.380 e. The van der Waals surface area contributed by atoms with E-state index in [4.69, 9.17) is 4.74 Å². The normalized spacial score (nSPS) is 20.2. The van der Waals surface area contributed by atoms with Crippen LogP contribution in [0.25, 0.3) is 0 Å². The minimum atomic E-state index is -3.73. The molecule has 0 saturated carbocycles. The second-order valence-electron chi connectivity index (χ2n) is 7.21. The summed E-state index contributed by atoms with van der Waals surface area (Å²) in [7, 11) is -2.21. The van der Waals surface area contributed by atoms with Crippen LogP contribution >= 0.6 is 0 Å². The third kappa shape index (κ3) is 4.95. The molecule has 2 aromatic carbocycles. The Kier molecular flexibility index (Phi) is 6.56. The van der Waals surface area contributed by atoms with Crippen LogP contribution < -0.4 is 10.6 Å². The van der Waals surface area contributed by atoms with Crippen molar-refractivity contribution in [3.05, 3.63) is 59.7 Å². The molecule has 0 aromatic heterocycles. The molecular formula is C21H27N3O4S. The molecule has 1 aliphatic rings. The molecule has 0 aliphatic carbocycles. The van der Waals surface area contributed by atoms with Gasteiger partial charge in [0.1, 0.15) is 0 Å². The van der Waals surface area contributed by atoms with Gasteiger partial charge in [0.15, 0.2) is 0 Å². The molecule has 2 N–H and O–H groups in total. The lowest BCUT2D eigenvalue weighted by Gasteiger charge is -2.34. The Morgan fingerprint density at radius 1 is 1.10 bits per heavy atom. The van der Waals surface area contributed by atoms with Gasteiger partial charge in [0.05, 0.1) is 22.7 Å². The molecular weight excluding hydrogens is 390 g/mol.